The number of hydrogen-bond acceptors (Lipinski definition) is 4. The molecule has 1 aliphatic rings. The quantitative estimate of drug-likeness (QED) is 0.804. The minimum Gasteiger partial charge on any atom is -0.383 e. The summed E-state index contributed by atoms with van der Waals surface area (Å²) in [5.41, 5.74) is 8.13. The van der Waals surface area contributed by atoms with E-state index in [1.807, 2.05) is 6.92 Å². The van der Waals surface area contributed by atoms with E-state index >= 15 is 0 Å². The highest BCUT2D eigenvalue weighted by molar-refractivity contribution is 5.41. The second-order valence-corrected chi connectivity index (χ2v) is 7.22. The number of aromatic nitrogens is 2. The third kappa shape index (κ3) is 4.66. The lowest BCUT2D eigenvalue weighted by Crippen LogP contribution is -2.32. The van der Waals surface area contributed by atoms with Gasteiger partial charge in [0.2, 0.25) is 0 Å². The average Bonchev–Trinajstić information content (AvgIpc) is 2.58. The summed E-state index contributed by atoms with van der Waals surface area (Å²) >= 11 is 0. The van der Waals surface area contributed by atoms with E-state index in [2.05, 4.69) is 30.7 Å². The molecule has 2 heterocycles. The topological polar surface area (TPSA) is 61.0 Å². The van der Waals surface area contributed by atoms with E-state index in [9.17, 15) is 0 Å². The maximum Gasteiger partial charge on any atom is 0.129 e. The number of hydrogen-bond donors (Lipinski definition) is 1. The summed E-state index contributed by atoms with van der Waals surface area (Å²) in [4.78, 5) is 8.67. The molecule has 0 bridgehead atoms. The highest BCUT2D eigenvalue weighted by Crippen LogP contribution is 2.37. The van der Waals surface area contributed by atoms with Crippen LogP contribution in [-0.2, 0) is 4.74 Å². The fourth-order valence-corrected chi connectivity index (χ4v) is 3.68. The second-order valence-electron chi connectivity index (χ2n) is 7.22. The number of ether oxygens (including phenoxy) is 1. The first kappa shape index (κ1) is 18.2. The third-order valence-electron chi connectivity index (χ3n) is 5.62. The number of nitrogens with two attached hydrogens (primary N) is 1. The summed E-state index contributed by atoms with van der Waals surface area (Å²) < 4.78 is 6.14. The Bertz CT molecular complexity index is 486. The van der Waals surface area contributed by atoms with Crippen molar-refractivity contribution in [1.29, 1.82) is 0 Å². The first-order chi connectivity index (χ1) is 11.0. The summed E-state index contributed by atoms with van der Waals surface area (Å²) in [5, 5.41) is 0. The molecule has 1 fully saturated rings. The Hall–Kier alpha value is -1.16. The standard InChI is InChI=1S/C19H33N3O/c1-5-13(2)9-10-16(17-8-6-7-11-23-17)14(3)18-15(4)19(20)22-12-21-18/h12-14,16-17H,5-11H2,1-4H3,(H2,20,21,22). The molecule has 0 spiro atoms. The van der Waals surface area contributed by atoms with Crippen molar-refractivity contribution in [1.82, 2.24) is 9.97 Å². The molecule has 0 aliphatic carbocycles. The lowest BCUT2D eigenvalue weighted by atomic mass is 9.78. The number of nitrogens with zero attached hydrogens (tertiary/aromatic N) is 2. The smallest absolute Gasteiger partial charge is 0.129 e. The van der Waals surface area contributed by atoms with E-state index in [4.69, 9.17) is 10.5 Å². The molecular formula is C19H33N3O. The molecule has 0 aromatic carbocycles. The Kier molecular flexibility index (Phi) is 6.82. The summed E-state index contributed by atoms with van der Waals surface area (Å²) in [5.74, 6) is 2.24. The average molecular weight is 319 g/mol. The van der Waals surface area contributed by atoms with Crippen LogP contribution in [0.4, 0.5) is 5.82 Å². The minimum atomic E-state index is 0.354. The number of anilines is 1. The van der Waals surface area contributed by atoms with E-state index in [1.54, 1.807) is 6.33 Å². The lowest BCUT2D eigenvalue weighted by Gasteiger charge is -2.35. The van der Waals surface area contributed by atoms with Crippen molar-refractivity contribution < 1.29 is 4.74 Å². The highest BCUT2D eigenvalue weighted by atomic mass is 16.5. The molecule has 1 saturated heterocycles. The Balaban J connectivity index is 2.18. The monoisotopic (exact) mass is 319 g/mol. The van der Waals surface area contributed by atoms with E-state index in [-0.39, 0.29) is 0 Å². The van der Waals surface area contributed by atoms with Crippen molar-refractivity contribution in [3.05, 3.63) is 17.6 Å². The zero-order chi connectivity index (χ0) is 16.8. The molecule has 4 heteroatoms. The second kappa shape index (κ2) is 8.62. The van der Waals surface area contributed by atoms with Crippen LogP contribution in [0.1, 0.15) is 76.5 Å². The molecule has 130 valence electrons. The first-order valence-corrected chi connectivity index (χ1v) is 9.23. The summed E-state index contributed by atoms with van der Waals surface area (Å²) in [6.07, 6.45) is 9.31. The van der Waals surface area contributed by atoms with Gasteiger partial charge in [0.1, 0.15) is 12.1 Å². The van der Waals surface area contributed by atoms with Crippen molar-refractivity contribution >= 4 is 5.82 Å². The third-order valence-corrected chi connectivity index (χ3v) is 5.62. The fourth-order valence-electron chi connectivity index (χ4n) is 3.68. The highest BCUT2D eigenvalue weighted by Gasteiger charge is 2.31. The first-order valence-electron chi connectivity index (χ1n) is 9.23. The Morgan fingerprint density at radius 3 is 2.70 bits per heavy atom. The van der Waals surface area contributed by atoms with Crippen molar-refractivity contribution in [3.8, 4) is 0 Å². The Labute approximate surface area is 141 Å². The number of nitrogen functional groups attached to an aromatic ring is 1. The van der Waals surface area contributed by atoms with Gasteiger partial charge in [-0.25, -0.2) is 9.97 Å². The molecule has 23 heavy (non-hydrogen) atoms. The molecule has 0 saturated carbocycles. The van der Waals surface area contributed by atoms with E-state index in [1.165, 1.54) is 38.5 Å². The Morgan fingerprint density at radius 2 is 2.04 bits per heavy atom. The van der Waals surface area contributed by atoms with Gasteiger partial charge in [0.05, 0.1) is 11.8 Å². The fraction of sp³-hybridized carbons (Fsp3) is 0.789. The molecular weight excluding hydrogens is 286 g/mol. The maximum atomic E-state index is 6.14. The van der Waals surface area contributed by atoms with Crippen molar-refractivity contribution in [3.63, 3.8) is 0 Å². The van der Waals surface area contributed by atoms with E-state index < -0.39 is 0 Å². The van der Waals surface area contributed by atoms with Gasteiger partial charge in [-0.3, -0.25) is 0 Å². The largest absolute Gasteiger partial charge is 0.383 e. The molecule has 1 aromatic rings. The van der Waals surface area contributed by atoms with Gasteiger partial charge in [-0.05, 0) is 44.4 Å². The normalized spacial score (nSPS) is 22.5. The summed E-state index contributed by atoms with van der Waals surface area (Å²) in [7, 11) is 0. The zero-order valence-electron chi connectivity index (χ0n) is 15.2. The van der Waals surface area contributed by atoms with E-state index in [0.717, 1.165) is 23.8 Å². The van der Waals surface area contributed by atoms with Crippen LogP contribution < -0.4 is 5.73 Å². The molecule has 4 unspecified atom stereocenters. The van der Waals surface area contributed by atoms with Crippen LogP contribution >= 0.6 is 0 Å². The maximum absolute atomic E-state index is 6.14. The molecule has 1 aromatic heterocycles. The SMILES string of the molecule is CCC(C)CCC(C1CCCCO1)C(C)c1ncnc(N)c1C. The van der Waals surface area contributed by atoms with Crippen molar-refractivity contribution in [2.45, 2.75) is 78.2 Å². The zero-order valence-corrected chi connectivity index (χ0v) is 15.2. The molecule has 0 radical (unpaired) electrons. The molecule has 4 atom stereocenters. The minimum absolute atomic E-state index is 0.354. The molecule has 2 rings (SSSR count). The molecule has 0 amide bonds. The van der Waals surface area contributed by atoms with Gasteiger partial charge in [-0.15, -0.1) is 0 Å². The van der Waals surface area contributed by atoms with Crippen LogP contribution in [0.2, 0.25) is 0 Å². The van der Waals surface area contributed by atoms with Crippen LogP contribution in [0, 0.1) is 18.8 Å². The van der Waals surface area contributed by atoms with Crippen LogP contribution in [0.5, 0.6) is 0 Å². The van der Waals surface area contributed by atoms with E-state index in [0.29, 0.717) is 23.8 Å². The predicted octanol–water partition coefficient (Wildman–Crippen LogP) is 4.48. The van der Waals surface area contributed by atoms with Crippen LogP contribution in [-0.4, -0.2) is 22.7 Å². The predicted molar refractivity (Wildman–Crippen MR) is 95.4 cm³/mol. The van der Waals surface area contributed by atoms with Gasteiger partial charge in [0.25, 0.3) is 0 Å². The van der Waals surface area contributed by atoms with Gasteiger partial charge in [-0.1, -0.05) is 33.6 Å². The van der Waals surface area contributed by atoms with Gasteiger partial charge in [0.15, 0.2) is 0 Å². The van der Waals surface area contributed by atoms with Gasteiger partial charge >= 0.3 is 0 Å². The van der Waals surface area contributed by atoms with Gasteiger partial charge in [-0.2, -0.15) is 0 Å². The molecule has 1 aliphatic heterocycles. The van der Waals surface area contributed by atoms with Gasteiger partial charge in [0, 0.05) is 18.1 Å². The van der Waals surface area contributed by atoms with Crippen LogP contribution in [0.3, 0.4) is 0 Å². The Morgan fingerprint density at radius 1 is 1.26 bits per heavy atom. The molecule has 4 nitrogen and oxygen atoms in total. The summed E-state index contributed by atoms with van der Waals surface area (Å²) in [6.45, 7) is 9.84. The lowest BCUT2D eigenvalue weighted by molar-refractivity contribution is -0.0311. The number of rotatable bonds is 7. The van der Waals surface area contributed by atoms with Crippen molar-refractivity contribution in [2.75, 3.05) is 12.3 Å². The van der Waals surface area contributed by atoms with Crippen molar-refractivity contribution in [2.24, 2.45) is 11.8 Å². The van der Waals surface area contributed by atoms with Gasteiger partial charge < -0.3 is 10.5 Å². The van der Waals surface area contributed by atoms with Crippen LogP contribution in [0.15, 0.2) is 6.33 Å². The molecule has 2 N–H and O–H groups in total. The van der Waals surface area contributed by atoms with Crippen LogP contribution in [0.25, 0.3) is 0 Å². The summed E-state index contributed by atoms with van der Waals surface area (Å²) in [6, 6.07) is 0.